The van der Waals surface area contributed by atoms with Gasteiger partial charge in [-0.15, -0.1) is 0 Å². The molecule has 190 valence electrons. The van der Waals surface area contributed by atoms with E-state index < -0.39 is 24.4 Å². The van der Waals surface area contributed by atoms with Crippen molar-refractivity contribution < 1.29 is 19.1 Å². The first-order valence-electron chi connectivity index (χ1n) is 12.3. The van der Waals surface area contributed by atoms with Gasteiger partial charge in [0.15, 0.2) is 0 Å². The van der Waals surface area contributed by atoms with Gasteiger partial charge in [0.05, 0.1) is 0 Å². The number of urea groups is 1. The lowest BCUT2D eigenvalue weighted by Gasteiger charge is -2.13. The molecule has 0 bridgehead atoms. The van der Waals surface area contributed by atoms with Crippen LogP contribution < -0.4 is 15.4 Å². The van der Waals surface area contributed by atoms with Crippen LogP contribution in [0.5, 0.6) is 5.75 Å². The molecule has 0 atom stereocenters. The van der Waals surface area contributed by atoms with E-state index in [9.17, 15) is 14.4 Å². The third-order valence-electron chi connectivity index (χ3n) is 6.30. The van der Waals surface area contributed by atoms with Crippen LogP contribution in [0.2, 0.25) is 0 Å². The maximum Gasteiger partial charge on any atom is 0.329 e. The van der Waals surface area contributed by atoms with Gasteiger partial charge in [0.2, 0.25) is 5.91 Å². The summed E-state index contributed by atoms with van der Waals surface area (Å²) in [6.45, 7) is 3.89. The average Bonchev–Trinajstić information content (AvgIpc) is 3.16. The number of rotatable bonds is 7. The van der Waals surface area contributed by atoms with Crippen molar-refractivity contribution in [2.45, 2.75) is 20.5 Å². The van der Waals surface area contributed by atoms with Gasteiger partial charge in [-0.1, -0.05) is 72.3 Å². The van der Waals surface area contributed by atoms with Crippen LogP contribution in [0.4, 0.5) is 10.5 Å². The van der Waals surface area contributed by atoms with Crippen molar-refractivity contribution in [2.24, 2.45) is 0 Å². The van der Waals surface area contributed by atoms with Crippen LogP contribution in [0.3, 0.4) is 0 Å². The Balaban J connectivity index is 1.39. The molecule has 1 fully saturated rings. The van der Waals surface area contributed by atoms with Crippen LogP contribution in [0.25, 0.3) is 16.8 Å². The van der Waals surface area contributed by atoms with Crippen LogP contribution in [0.15, 0.2) is 90.6 Å². The molecule has 2 N–H and O–H groups in total. The summed E-state index contributed by atoms with van der Waals surface area (Å²) in [6.07, 6.45) is 1.62. The third-order valence-corrected chi connectivity index (χ3v) is 6.30. The molecule has 7 nitrogen and oxygen atoms in total. The van der Waals surface area contributed by atoms with Crippen molar-refractivity contribution >= 4 is 40.4 Å². The van der Waals surface area contributed by atoms with Crippen LogP contribution >= 0.6 is 0 Å². The van der Waals surface area contributed by atoms with Crippen molar-refractivity contribution in [1.82, 2.24) is 10.2 Å². The molecule has 1 saturated heterocycles. The Bertz CT molecular complexity index is 1570. The first-order chi connectivity index (χ1) is 18.4. The van der Waals surface area contributed by atoms with Gasteiger partial charge in [-0.2, -0.15) is 0 Å². The quantitative estimate of drug-likeness (QED) is 0.254. The number of hydrogen-bond acceptors (Lipinski definition) is 4. The Kier molecular flexibility index (Phi) is 6.91. The molecule has 0 aliphatic carbocycles. The number of nitrogens with one attached hydrogen (secondary N) is 2. The molecule has 0 aromatic heterocycles. The normalized spacial score (nSPS) is 14.2. The summed E-state index contributed by atoms with van der Waals surface area (Å²) in [5.74, 6) is -0.464. The predicted octanol–water partition coefficient (Wildman–Crippen LogP) is 5.57. The Hall–Kier alpha value is -4.91. The SMILES string of the molecule is Cc1ccc(COc2ccc3ccccc3c2/C=C2/NC(=O)N(CC(=O)Nc3cccc(C)c3)C2=O)cc1. The molecule has 4 amide bonds. The summed E-state index contributed by atoms with van der Waals surface area (Å²) in [6, 6.07) is 26.3. The number of nitrogens with zero attached hydrogens (tertiary/aromatic N) is 1. The lowest BCUT2D eigenvalue weighted by molar-refractivity contribution is -0.127. The Labute approximate surface area is 220 Å². The fourth-order valence-corrected chi connectivity index (χ4v) is 4.32. The molecule has 0 unspecified atom stereocenters. The Morgan fingerprint density at radius 3 is 2.50 bits per heavy atom. The highest BCUT2D eigenvalue weighted by Crippen LogP contribution is 2.31. The Morgan fingerprint density at radius 2 is 1.71 bits per heavy atom. The molecule has 0 saturated carbocycles. The number of carbonyl (C=O) groups excluding carboxylic acids is 3. The largest absolute Gasteiger partial charge is 0.488 e. The molecule has 5 rings (SSSR count). The monoisotopic (exact) mass is 505 g/mol. The molecule has 1 aliphatic rings. The van der Waals surface area contributed by atoms with Crippen molar-refractivity contribution in [3.05, 3.63) is 113 Å². The number of imide groups is 1. The summed E-state index contributed by atoms with van der Waals surface area (Å²) in [4.78, 5) is 39.3. The molecular formula is C31H27N3O4. The van der Waals surface area contributed by atoms with Gasteiger partial charge in [-0.05, 0) is 60.0 Å². The molecule has 1 heterocycles. The van der Waals surface area contributed by atoms with E-state index in [-0.39, 0.29) is 5.70 Å². The molecule has 0 radical (unpaired) electrons. The molecule has 7 heteroatoms. The first kappa shape index (κ1) is 24.8. The summed E-state index contributed by atoms with van der Waals surface area (Å²) in [7, 11) is 0. The highest BCUT2D eigenvalue weighted by molar-refractivity contribution is 6.16. The van der Waals surface area contributed by atoms with Gasteiger partial charge in [-0.25, -0.2) is 9.69 Å². The number of aryl methyl sites for hydroxylation is 2. The summed E-state index contributed by atoms with van der Waals surface area (Å²) >= 11 is 0. The smallest absolute Gasteiger partial charge is 0.329 e. The number of fused-ring (bicyclic) bond motifs is 1. The van der Waals surface area contributed by atoms with Crippen LogP contribution in [-0.4, -0.2) is 29.3 Å². The summed E-state index contributed by atoms with van der Waals surface area (Å²) in [5, 5.41) is 7.19. The van der Waals surface area contributed by atoms with Gasteiger partial charge < -0.3 is 15.4 Å². The predicted molar refractivity (Wildman–Crippen MR) is 147 cm³/mol. The molecule has 1 aliphatic heterocycles. The van der Waals surface area contributed by atoms with Gasteiger partial charge in [0, 0.05) is 11.3 Å². The van der Waals surface area contributed by atoms with E-state index in [0.717, 1.165) is 32.4 Å². The fourth-order valence-electron chi connectivity index (χ4n) is 4.32. The first-order valence-corrected chi connectivity index (χ1v) is 12.3. The van der Waals surface area contributed by atoms with Crippen molar-refractivity contribution in [3.8, 4) is 5.75 Å². The number of amides is 4. The topological polar surface area (TPSA) is 87.7 Å². The minimum atomic E-state index is -0.650. The lowest BCUT2D eigenvalue weighted by atomic mass is 10.0. The van der Waals surface area contributed by atoms with E-state index in [0.29, 0.717) is 23.6 Å². The second kappa shape index (κ2) is 10.6. The van der Waals surface area contributed by atoms with E-state index in [1.807, 2.05) is 92.7 Å². The fraction of sp³-hybridized carbons (Fsp3) is 0.129. The zero-order chi connectivity index (χ0) is 26.6. The molecule has 38 heavy (non-hydrogen) atoms. The molecular weight excluding hydrogens is 478 g/mol. The van der Waals surface area contributed by atoms with Gasteiger partial charge in [-0.3, -0.25) is 9.59 Å². The summed E-state index contributed by atoms with van der Waals surface area (Å²) in [5.41, 5.74) is 4.51. The third kappa shape index (κ3) is 5.42. The van der Waals surface area contributed by atoms with E-state index in [4.69, 9.17) is 4.74 Å². The van der Waals surface area contributed by atoms with Crippen LogP contribution in [0.1, 0.15) is 22.3 Å². The highest BCUT2D eigenvalue weighted by atomic mass is 16.5. The number of benzene rings is 4. The molecule has 0 spiro atoms. The average molecular weight is 506 g/mol. The molecule has 4 aromatic rings. The molecule has 4 aromatic carbocycles. The maximum atomic E-state index is 13.2. The Morgan fingerprint density at radius 1 is 0.921 bits per heavy atom. The van der Waals surface area contributed by atoms with Crippen molar-refractivity contribution in [3.63, 3.8) is 0 Å². The second-order valence-corrected chi connectivity index (χ2v) is 9.27. The second-order valence-electron chi connectivity index (χ2n) is 9.27. The van der Waals surface area contributed by atoms with Gasteiger partial charge in [0.1, 0.15) is 24.6 Å². The lowest BCUT2D eigenvalue weighted by Crippen LogP contribution is -2.38. The number of ether oxygens (including phenoxy) is 1. The minimum absolute atomic E-state index is 0.0786. The van der Waals surface area contributed by atoms with Crippen LogP contribution in [0, 0.1) is 13.8 Å². The van der Waals surface area contributed by atoms with Crippen molar-refractivity contribution in [1.29, 1.82) is 0 Å². The number of hydrogen-bond donors (Lipinski definition) is 2. The van der Waals surface area contributed by atoms with Crippen molar-refractivity contribution in [2.75, 3.05) is 11.9 Å². The zero-order valence-electron chi connectivity index (χ0n) is 21.2. The minimum Gasteiger partial charge on any atom is -0.488 e. The van der Waals surface area contributed by atoms with Crippen LogP contribution in [-0.2, 0) is 16.2 Å². The van der Waals surface area contributed by atoms with E-state index in [1.54, 1.807) is 12.1 Å². The standard InChI is InChI=1S/C31H27N3O4/c1-20-10-12-22(13-11-20)19-38-28-15-14-23-7-3-4-9-25(23)26(28)17-27-30(36)34(31(37)33-27)18-29(35)32-24-8-5-6-21(2)16-24/h3-17H,18-19H2,1-2H3,(H,32,35)(H,33,37)/b27-17+. The maximum absolute atomic E-state index is 13.2. The summed E-state index contributed by atoms with van der Waals surface area (Å²) < 4.78 is 6.16. The van der Waals surface area contributed by atoms with E-state index >= 15 is 0 Å². The van der Waals surface area contributed by atoms with Gasteiger partial charge in [0.25, 0.3) is 5.91 Å². The van der Waals surface area contributed by atoms with E-state index in [1.165, 1.54) is 0 Å². The van der Waals surface area contributed by atoms with Gasteiger partial charge >= 0.3 is 6.03 Å². The number of carbonyl (C=O) groups is 3. The van der Waals surface area contributed by atoms with E-state index in [2.05, 4.69) is 10.6 Å². The number of anilines is 1. The zero-order valence-corrected chi connectivity index (χ0v) is 21.2. The highest BCUT2D eigenvalue weighted by Gasteiger charge is 2.35.